The second-order valence-electron chi connectivity index (χ2n) is 22.9. The van der Waals surface area contributed by atoms with Crippen molar-refractivity contribution in [2.24, 2.45) is 28.6 Å². The second kappa shape index (κ2) is 23.5. The van der Waals surface area contributed by atoms with Crippen molar-refractivity contribution in [2.45, 2.75) is 160 Å². The monoisotopic (exact) mass is 1060 g/mol. The van der Waals surface area contributed by atoms with E-state index in [0.29, 0.717) is 50.7 Å². The number of amides is 8. The molecule has 4 heterocycles. The van der Waals surface area contributed by atoms with Gasteiger partial charge in [0.2, 0.25) is 47.3 Å². The average Bonchev–Trinajstić information content (AvgIpc) is 4.08. The normalized spacial score (nSPS) is 28.4. The predicted octanol–water partition coefficient (Wildman–Crippen LogP) is 3.18. The van der Waals surface area contributed by atoms with Crippen molar-refractivity contribution in [1.82, 2.24) is 47.0 Å². The Labute approximate surface area is 451 Å². The number of hydrogen-bond acceptors (Lipinski definition) is 10. The zero-order valence-corrected chi connectivity index (χ0v) is 45.9. The summed E-state index contributed by atoms with van der Waals surface area (Å²) in [6.45, 7) is 13.4. The molecule has 18 heteroatoms. The number of carbonyl (C=O) groups excluding carboxylic acids is 8. The van der Waals surface area contributed by atoms with Crippen LogP contribution in [0.1, 0.15) is 128 Å². The number of rotatable bonds is 14. The first-order valence-corrected chi connectivity index (χ1v) is 28.1. The summed E-state index contributed by atoms with van der Waals surface area (Å²) in [5.41, 5.74) is 2.41. The minimum Gasteiger partial charge on any atom is -0.347 e. The highest BCUT2D eigenvalue weighted by atomic mass is 32.2. The van der Waals surface area contributed by atoms with E-state index in [1.165, 1.54) is 0 Å². The third-order valence-corrected chi connectivity index (χ3v) is 18.0. The third kappa shape index (κ3) is 11.6. The maximum absolute atomic E-state index is 14.6. The molecule has 2 aromatic rings. The van der Waals surface area contributed by atoms with Crippen LogP contribution in [-0.4, -0.2) is 125 Å². The number of nitrogens with zero attached hydrogens (tertiary/aromatic N) is 2. The van der Waals surface area contributed by atoms with Gasteiger partial charge in [0, 0.05) is 12.0 Å². The van der Waals surface area contributed by atoms with E-state index >= 15 is 0 Å². The molecule has 12 atom stereocenters. The SMILES string of the molecule is CC[C@@H](C)C(=O)N[C@H]1CCC[C@H]2CC(C)(C)[C@@H](C(=O)N[C@H]3c4ccccc4C[C@H]3C(=O)NCC#CC#CCNC(=O)[C@@H]3Cc4ccccc4[C@@H]3NC(=O)[C@H]3N4C(=O)[C@@H](NC(=O)[C@H](C)NC)CCS[C@H]4CC3(C)C)N2C1=O. The summed E-state index contributed by atoms with van der Waals surface area (Å²) in [6.07, 6.45) is 5.12. The number of fused-ring (bicyclic) bond motifs is 4. The van der Waals surface area contributed by atoms with Gasteiger partial charge in [-0.2, -0.15) is 0 Å². The molecule has 2 aromatic carbocycles. The van der Waals surface area contributed by atoms with Crippen LogP contribution in [0.3, 0.4) is 0 Å². The Hall–Kier alpha value is -6.37. The van der Waals surface area contributed by atoms with Crippen molar-refractivity contribution in [2.75, 3.05) is 25.9 Å². The van der Waals surface area contributed by atoms with Gasteiger partial charge < -0.3 is 47.0 Å². The van der Waals surface area contributed by atoms with Crippen LogP contribution in [0, 0.1) is 52.3 Å². The van der Waals surface area contributed by atoms with E-state index in [2.05, 4.69) is 60.9 Å². The van der Waals surface area contributed by atoms with E-state index in [4.69, 9.17) is 0 Å². The Balaban J connectivity index is 0.872. The van der Waals surface area contributed by atoms with E-state index in [1.54, 1.807) is 35.5 Å². The van der Waals surface area contributed by atoms with Gasteiger partial charge in [-0.05, 0) is 122 Å². The molecule has 76 heavy (non-hydrogen) atoms. The molecule has 0 bridgehead atoms. The van der Waals surface area contributed by atoms with Gasteiger partial charge in [0.25, 0.3) is 0 Å². The molecule has 4 fully saturated rings. The van der Waals surface area contributed by atoms with Gasteiger partial charge in [0.1, 0.15) is 24.2 Å². The Morgan fingerprint density at radius 3 is 1.71 bits per heavy atom. The van der Waals surface area contributed by atoms with E-state index in [9.17, 15) is 38.4 Å². The van der Waals surface area contributed by atoms with Crippen molar-refractivity contribution in [3.8, 4) is 23.7 Å². The van der Waals surface area contributed by atoms with E-state index in [1.807, 2.05) is 90.1 Å². The van der Waals surface area contributed by atoms with Crippen LogP contribution in [0.15, 0.2) is 48.5 Å². The van der Waals surface area contributed by atoms with Crippen LogP contribution >= 0.6 is 11.8 Å². The van der Waals surface area contributed by atoms with Gasteiger partial charge >= 0.3 is 0 Å². The number of benzene rings is 2. The summed E-state index contributed by atoms with van der Waals surface area (Å²) in [5, 5.41) is 20.7. The lowest BCUT2D eigenvalue weighted by Crippen LogP contribution is -2.58. The van der Waals surface area contributed by atoms with Crippen molar-refractivity contribution in [1.29, 1.82) is 0 Å². The number of likely N-dealkylation sites (N-methyl/N-ethyl adjacent to an activating group) is 1. The van der Waals surface area contributed by atoms with Crippen LogP contribution < -0.4 is 37.2 Å². The number of carbonyl (C=O) groups is 8. The van der Waals surface area contributed by atoms with Gasteiger partial charge in [0.15, 0.2) is 0 Å². The van der Waals surface area contributed by atoms with Crippen molar-refractivity contribution >= 4 is 59.0 Å². The zero-order chi connectivity index (χ0) is 54.6. The molecule has 8 amide bonds. The van der Waals surface area contributed by atoms with Gasteiger partial charge in [-0.25, -0.2) is 0 Å². The van der Waals surface area contributed by atoms with Gasteiger partial charge in [-0.1, -0.05) is 102 Å². The van der Waals surface area contributed by atoms with Gasteiger partial charge in [0.05, 0.1) is 48.4 Å². The summed E-state index contributed by atoms with van der Waals surface area (Å²) >= 11 is 1.62. The van der Waals surface area contributed by atoms with E-state index in [0.717, 1.165) is 35.1 Å². The van der Waals surface area contributed by atoms with E-state index in [-0.39, 0.29) is 77.7 Å². The molecule has 0 saturated carbocycles. The van der Waals surface area contributed by atoms with Crippen LogP contribution in [0.5, 0.6) is 0 Å². The fourth-order valence-corrected chi connectivity index (χ4v) is 14.0. The van der Waals surface area contributed by atoms with Gasteiger partial charge in [-0.15, -0.1) is 11.8 Å². The quantitative estimate of drug-likeness (QED) is 0.137. The lowest BCUT2D eigenvalue weighted by Gasteiger charge is -2.35. The molecule has 406 valence electrons. The van der Waals surface area contributed by atoms with Crippen LogP contribution in [0.2, 0.25) is 0 Å². The highest BCUT2D eigenvalue weighted by Gasteiger charge is 2.57. The molecule has 0 spiro atoms. The summed E-state index contributed by atoms with van der Waals surface area (Å²) in [5.74, 6) is 8.12. The average molecular weight is 1060 g/mol. The Bertz CT molecular complexity index is 2560. The van der Waals surface area contributed by atoms with Gasteiger partial charge in [-0.3, -0.25) is 38.4 Å². The molecule has 4 aliphatic heterocycles. The lowest BCUT2D eigenvalue weighted by atomic mass is 9.82. The lowest BCUT2D eigenvalue weighted by molar-refractivity contribution is -0.145. The molecular weight excluding hydrogens is 983 g/mol. The minimum absolute atomic E-state index is 0.0104. The molecule has 17 nitrogen and oxygen atoms in total. The molecule has 2 aliphatic carbocycles. The summed E-state index contributed by atoms with van der Waals surface area (Å²) in [7, 11) is 1.68. The smallest absolute Gasteiger partial charge is 0.246 e. The maximum atomic E-state index is 14.6. The summed E-state index contributed by atoms with van der Waals surface area (Å²) in [6, 6.07) is 10.2. The summed E-state index contributed by atoms with van der Waals surface area (Å²) in [4.78, 5) is 115. The number of thioether (sulfide) groups is 1. The van der Waals surface area contributed by atoms with Crippen molar-refractivity contribution < 1.29 is 38.4 Å². The highest BCUT2D eigenvalue weighted by molar-refractivity contribution is 7.99. The predicted molar refractivity (Wildman–Crippen MR) is 289 cm³/mol. The van der Waals surface area contributed by atoms with Crippen LogP contribution in [0.4, 0.5) is 0 Å². The first-order chi connectivity index (χ1) is 36.3. The molecule has 8 rings (SSSR count). The molecule has 4 saturated heterocycles. The first kappa shape index (κ1) is 55.9. The molecule has 6 aliphatic rings. The van der Waals surface area contributed by atoms with Crippen molar-refractivity contribution in [3.63, 3.8) is 0 Å². The number of hydrogen-bond donors (Lipinski definition) is 7. The largest absolute Gasteiger partial charge is 0.347 e. The minimum atomic E-state index is -0.833. The fraction of sp³-hybridized carbons (Fsp3) is 0.586. The highest BCUT2D eigenvalue weighted by Crippen LogP contribution is 2.48. The number of nitrogens with one attached hydrogen (secondary N) is 7. The maximum Gasteiger partial charge on any atom is 0.246 e. The first-order valence-electron chi connectivity index (χ1n) is 27.1. The molecule has 0 aromatic heterocycles. The molecule has 0 radical (unpaired) electrons. The van der Waals surface area contributed by atoms with E-state index < -0.39 is 65.0 Å². The van der Waals surface area contributed by atoms with Crippen LogP contribution in [0.25, 0.3) is 0 Å². The Morgan fingerprint density at radius 1 is 0.658 bits per heavy atom. The van der Waals surface area contributed by atoms with Crippen molar-refractivity contribution in [3.05, 3.63) is 70.8 Å². The Morgan fingerprint density at radius 2 is 1.16 bits per heavy atom. The molecule has 7 N–H and O–H groups in total. The second-order valence-corrected chi connectivity index (χ2v) is 24.1. The third-order valence-electron chi connectivity index (χ3n) is 16.7. The zero-order valence-electron chi connectivity index (χ0n) is 45.1. The fourth-order valence-electron chi connectivity index (χ4n) is 12.4. The standard InChI is InChI=1S/C58H75N9O8S/c1-9-33(2)49(68)62-42-24-18-21-37-31-57(4,5)47(66(37)55(42)74)53(72)64-45-38-22-14-12-19-35(38)29-40(45)51(70)60-26-16-10-11-17-27-61-52(71)41-30-36-20-13-15-23-39(36)46(41)65-54(73)48-58(6,7)32-44-67(48)56(75)43(25-28-76-44)63-50(69)34(3)59-8/h12-15,19-20,22-23,33-34,37,40-48,59H,9,18,21,24-32H2,1-8H3,(H,60,70)(H,61,71)(H,62,68)(H,63,69)(H,64,72)(H,65,73)/t33-,34+,37+,40-,41-,42+,43+,44+,45+,46+,47-,48-/m1/s1. The molecule has 0 unspecified atom stereocenters. The summed E-state index contributed by atoms with van der Waals surface area (Å²) < 4.78 is 0. The van der Waals surface area contributed by atoms with Crippen LogP contribution in [-0.2, 0) is 51.2 Å². The molecular formula is C58H75N9O8S. The topological polar surface area (TPSA) is 227 Å². The Kier molecular flexibility index (Phi) is 17.3.